The quantitative estimate of drug-likeness (QED) is 0.826. The Hall–Kier alpha value is -1.53. The van der Waals surface area contributed by atoms with E-state index in [2.05, 4.69) is 26.1 Å². The fourth-order valence-electron chi connectivity index (χ4n) is 1.56. The van der Waals surface area contributed by atoms with Crippen molar-refractivity contribution < 1.29 is 4.74 Å². The zero-order valence-electron chi connectivity index (χ0n) is 10.0. The lowest BCUT2D eigenvalue weighted by Gasteiger charge is -2.17. The molecule has 86 valence electrons. The van der Waals surface area contributed by atoms with Gasteiger partial charge >= 0.3 is 0 Å². The smallest absolute Gasteiger partial charge is 0.174 e. The second-order valence-corrected chi connectivity index (χ2v) is 4.06. The summed E-state index contributed by atoms with van der Waals surface area (Å²) in [6, 6.07) is 10.6. The first-order valence-corrected chi connectivity index (χ1v) is 5.49. The number of nitrogens with one attached hydrogen (secondary N) is 1. The van der Waals surface area contributed by atoms with E-state index in [9.17, 15) is 0 Å². The van der Waals surface area contributed by atoms with Gasteiger partial charge in [0.25, 0.3) is 0 Å². The van der Waals surface area contributed by atoms with Crippen molar-refractivity contribution >= 4 is 0 Å². The fraction of sp³-hybridized carbons (Fsp3) is 0.462. The highest BCUT2D eigenvalue weighted by Crippen LogP contribution is 2.17. The molecule has 16 heavy (non-hydrogen) atoms. The van der Waals surface area contributed by atoms with Gasteiger partial charge in [-0.15, -0.1) is 0 Å². The first-order valence-electron chi connectivity index (χ1n) is 5.49. The summed E-state index contributed by atoms with van der Waals surface area (Å²) in [5.41, 5.74) is 1.22. The summed E-state index contributed by atoms with van der Waals surface area (Å²) in [6.07, 6.45) is 0. The topological polar surface area (TPSA) is 45.0 Å². The van der Waals surface area contributed by atoms with Crippen LogP contribution in [0.4, 0.5) is 0 Å². The van der Waals surface area contributed by atoms with Crippen molar-refractivity contribution in [3.63, 3.8) is 0 Å². The van der Waals surface area contributed by atoms with Gasteiger partial charge in [-0.1, -0.05) is 26.0 Å². The van der Waals surface area contributed by atoms with Crippen molar-refractivity contribution in [2.24, 2.45) is 0 Å². The van der Waals surface area contributed by atoms with Crippen molar-refractivity contribution in [2.45, 2.75) is 32.9 Å². The van der Waals surface area contributed by atoms with Crippen LogP contribution in [0.15, 0.2) is 24.3 Å². The van der Waals surface area contributed by atoms with Crippen LogP contribution in [0, 0.1) is 11.3 Å². The van der Waals surface area contributed by atoms with E-state index in [0.29, 0.717) is 12.1 Å². The Morgan fingerprint density at radius 1 is 1.25 bits per heavy atom. The molecule has 3 nitrogen and oxygen atoms in total. The van der Waals surface area contributed by atoms with E-state index in [1.165, 1.54) is 5.56 Å². The molecule has 0 saturated carbocycles. The van der Waals surface area contributed by atoms with Crippen LogP contribution >= 0.6 is 0 Å². The van der Waals surface area contributed by atoms with Crippen LogP contribution in [0.25, 0.3) is 0 Å². The summed E-state index contributed by atoms with van der Waals surface area (Å²) < 4.78 is 5.19. The molecular weight excluding hydrogens is 200 g/mol. The minimum atomic E-state index is 0.0964. The molecule has 1 rings (SSSR count). The molecule has 1 aromatic rings. The van der Waals surface area contributed by atoms with Crippen molar-refractivity contribution in [3.05, 3.63) is 29.8 Å². The molecule has 0 aromatic heterocycles. The number of hydrogen-bond acceptors (Lipinski definition) is 3. The number of ether oxygens (including phenoxy) is 1. The monoisotopic (exact) mass is 218 g/mol. The Labute approximate surface area is 97.0 Å². The number of nitriles is 1. The molecular formula is C13H18N2O. The molecule has 1 N–H and O–H groups in total. The molecule has 0 aliphatic carbocycles. The van der Waals surface area contributed by atoms with Gasteiger partial charge in [0, 0.05) is 12.1 Å². The maximum Gasteiger partial charge on any atom is 0.174 e. The van der Waals surface area contributed by atoms with Gasteiger partial charge in [-0.25, -0.2) is 0 Å². The maximum absolute atomic E-state index is 8.38. The van der Waals surface area contributed by atoms with Crippen molar-refractivity contribution in [2.75, 3.05) is 6.61 Å². The van der Waals surface area contributed by atoms with Gasteiger partial charge in [-0.05, 0) is 24.6 Å². The van der Waals surface area contributed by atoms with E-state index in [0.717, 1.165) is 5.75 Å². The van der Waals surface area contributed by atoms with Crippen molar-refractivity contribution in [1.82, 2.24) is 5.32 Å². The minimum Gasteiger partial charge on any atom is -0.479 e. The summed E-state index contributed by atoms with van der Waals surface area (Å²) >= 11 is 0. The zero-order valence-corrected chi connectivity index (χ0v) is 10.0. The zero-order chi connectivity index (χ0) is 12.0. The first-order chi connectivity index (χ1) is 7.63. The molecule has 0 amide bonds. The predicted octanol–water partition coefficient (Wildman–Crippen LogP) is 2.65. The van der Waals surface area contributed by atoms with Crippen LogP contribution in [0.3, 0.4) is 0 Å². The van der Waals surface area contributed by atoms with Crippen LogP contribution < -0.4 is 10.1 Å². The van der Waals surface area contributed by atoms with Gasteiger partial charge in [0.2, 0.25) is 0 Å². The summed E-state index contributed by atoms with van der Waals surface area (Å²) in [4.78, 5) is 0. The highest BCUT2D eigenvalue weighted by Gasteiger charge is 2.06. The molecule has 3 heteroatoms. The van der Waals surface area contributed by atoms with E-state index in [-0.39, 0.29) is 6.61 Å². The van der Waals surface area contributed by atoms with E-state index in [1.54, 1.807) is 0 Å². The first kappa shape index (κ1) is 12.5. The summed E-state index contributed by atoms with van der Waals surface area (Å²) in [6.45, 7) is 6.48. The molecule has 0 radical (unpaired) electrons. The largest absolute Gasteiger partial charge is 0.479 e. The minimum absolute atomic E-state index is 0.0964. The number of rotatable bonds is 5. The SMILES string of the molecule is CC(C)NC(C)c1ccc(OCC#N)cc1. The van der Waals surface area contributed by atoms with Crippen LogP contribution in [0.1, 0.15) is 32.4 Å². The molecule has 0 aliphatic heterocycles. The third-order valence-corrected chi connectivity index (χ3v) is 2.27. The van der Waals surface area contributed by atoms with Crippen LogP contribution in [0.5, 0.6) is 5.75 Å². The molecule has 0 heterocycles. The lowest BCUT2D eigenvalue weighted by Crippen LogP contribution is -2.25. The molecule has 0 spiro atoms. The summed E-state index contributed by atoms with van der Waals surface area (Å²) in [5, 5.41) is 11.8. The van der Waals surface area contributed by atoms with Gasteiger partial charge in [0.05, 0.1) is 0 Å². The van der Waals surface area contributed by atoms with E-state index in [1.807, 2.05) is 30.3 Å². The summed E-state index contributed by atoms with van der Waals surface area (Å²) in [7, 11) is 0. The predicted molar refractivity (Wildman–Crippen MR) is 64.2 cm³/mol. The van der Waals surface area contributed by atoms with E-state index in [4.69, 9.17) is 10.00 Å². The van der Waals surface area contributed by atoms with Gasteiger partial charge in [0.15, 0.2) is 6.61 Å². The van der Waals surface area contributed by atoms with E-state index < -0.39 is 0 Å². The Morgan fingerprint density at radius 3 is 2.38 bits per heavy atom. The molecule has 0 aliphatic rings. The standard InChI is InChI=1S/C13H18N2O/c1-10(2)15-11(3)12-4-6-13(7-5-12)16-9-8-14/h4-7,10-11,15H,9H2,1-3H3. The van der Waals surface area contributed by atoms with Crippen molar-refractivity contribution in [3.8, 4) is 11.8 Å². The Bertz CT molecular complexity index is 351. The lowest BCUT2D eigenvalue weighted by molar-refractivity contribution is 0.368. The normalized spacial score (nSPS) is 12.2. The molecule has 0 fully saturated rings. The Morgan fingerprint density at radius 2 is 1.88 bits per heavy atom. The fourth-order valence-corrected chi connectivity index (χ4v) is 1.56. The van der Waals surface area contributed by atoms with Crippen LogP contribution in [-0.4, -0.2) is 12.6 Å². The van der Waals surface area contributed by atoms with Gasteiger partial charge in [-0.3, -0.25) is 0 Å². The second kappa shape index (κ2) is 6.14. The molecule has 1 unspecified atom stereocenters. The highest BCUT2D eigenvalue weighted by atomic mass is 16.5. The number of nitrogens with zero attached hydrogens (tertiary/aromatic N) is 1. The Kier molecular flexibility index (Phi) is 4.81. The number of hydrogen-bond donors (Lipinski definition) is 1. The molecule has 1 aromatic carbocycles. The number of benzene rings is 1. The van der Waals surface area contributed by atoms with Crippen LogP contribution in [-0.2, 0) is 0 Å². The van der Waals surface area contributed by atoms with Gasteiger partial charge in [-0.2, -0.15) is 5.26 Å². The van der Waals surface area contributed by atoms with Crippen molar-refractivity contribution in [1.29, 1.82) is 5.26 Å². The third-order valence-electron chi connectivity index (χ3n) is 2.27. The lowest BCUT2D eigenvalue weighted by atomic mass is 10.1. The molecule has 1 atom stereocenters. The maximum atomic E-state index is 8.38. The average Bonchev–Trinajstić information content (AvgIpc) is 2.26. The third kappa shape index (κ3) is 3.92. The van der Waals surface area contributed by atoms with Gasteiger partial charge in [0.1, 0.15) is 11.8 Å². The average molecular weight is 218 g/mol. The van der Waals surface area contributed by atoms with Gasteiger partial charge < -0.3 is 10.1 Å². The molecule has 0 saturated heterocycles. The Balaban J connectivity index is 2.60. The van der Waals surface area contributed by atoms with E-state index >= 15 is 0 Å². The van der Waals surface area contributed by atoms with Crippen LogP contribution in [0.2, 0.25) is 0 Å². The molecule has 0 bridgehead atoms. The highest BCUT2D eigenvalue weighted by molar-refractivity contribution is 5.29. The summed E-state index contributed by atoms with van der Waals surface area (Å²) in [5.74, 6) is 0.738. The second-order valence-electron chi connectivity index (χ2n) is 4.06.